The lowest BCUT2D eigenvalue weighted by Gasteiger charge is -2.11. The summed E-state index contributed by atoms with van der Waals surface area (Å²) in [5.41, 5.74) is 6.58. The van der Waals surface area contributed by atoms with Gasteiger partial charge in [0.05, 0.1) is 18.0 Å². The van der Waals surface area contributed by atoms with E-state index in [0.29, 0.717) is 16.7 Å². The van der Waals surface area contributed by atoms with Crippen LogP contribution in [0.2, 0.25) is 0 Å². The van der Waals surface area contributed by atoms with Gasteiger partial charge in [0.25, 0.3) is 0 Å². The van der Waals surface area contributed by atoms with Crippen LogP contribution in [0.3, 0.4) is 0 Å². The average molecular weight is 301 g/mol. The Morgan fingerprint density at radius 1 is 1.27 bits per heavy atom. The molecule has 1 heterocycles. The molecule has 0 atom stereocenters. The zero-order chi connectivity index (χ0) is 15.7. The number of esters is 1. The Morgan fingerprint density at radius 3 is 2.86 bits per heavy atom. The number of nitrogens with zero attached hydrogens (tertiary/aromatic N) is 1. The summed E-state index contributed by atoms with van der Waals surface area (Å²) in [7, 11) is 1.24. The molecule has 0 fully saturated rings. The van der Waals surface area contributed by atoms with Crippen molar-refractivity contribution in [1.82, 2.24) is 10.2 Å². The minimum absolute atomic E-state index is 0.0416. The van der Waals surface area contributed by atoms with Crippen LogP contribution in [0.25, 0.3) is 10.9 Å². The van der Waals surface area contributed by atoms with Gasteiger partial charge in [0.1, 0.15) is 22.9 Å². The lowest BCUT2D eigenvalue weighted by atomic mass is 10.2. The van der Waals surface area contributed by atoms with Crippen molar-refractivity contribution in [2.45, 2.75) is 0 Å². The summed E-state index contributed by atoms with van der Waals surface area (Å²) in [6.07, 6.45) is 0. The van der Waals surface area contributed by atoms with Crippen LogP contribution in [0.4, 0.5) is 10.2 Å². The van der Waals surface area contributed by atoms with Gasteiger partial charge in [0.2, 0.25) is 0 Å². The first-order chi connectivity index (χ1) is 10.6. The monoisotopic (exact) mass is 301 g/mol. The van der Waals surface area contributed by atoms with Crippen molar-refractivity contribution in [2.75, 3.05) is 12.8 Å². The maximum absolute atomic E-state index is 13.5. The van der Waals surface area contributed by atoms with Crippen molar-refractivity contribution in [3.63, 3.8) is 0 Å². The number of benzene rings is 2. The fraction of sp³-hybridized carbons (Fsp3) is 0.0667. The van der Waals surface area contributed by atoms with Gasteiger partial charge in [-0.25, -0.2) is 9.18 Å². The zero-order valence-corrected chi connectivity index (χ0v) is 11.6. The number of nitrogens with two attached hydrogens (primary N) is 1. The van der Waals surface area contributed by atoms with Crippen molar-refractivity contribution in [3.8, 4) is 11.5 Å². The highest BCUT2D eigenvalue weighted by Crippen LogP contribution is 2.34. The molecular formula is C15H12FN3O3. The molecule has 0 aliphatic rings. The number of halogens is 1. The summed E-state index contributed by atoms with van der Waals surface area (Å²) in [4.78, 5) is 11.7. The Bertz CT molecular complexity index is 860. The van der Waals surface area contributed by atoms with Crippen molar-refractivity contribution >= 4 is 22.7 Å². The molecule has 3 N–H and O–H groups in total. The van der Waals surface area contributed by atoms with Gasteiger partial charge < -0.3 is 15.2 Å². The van der Waals surface area contributed by atoms with Crippen LogP contribution in [-0.4, -0.2) is 23.3 Å². The number of hydrogen-bond donors (Lipinski definition) is 2. The van der Waals surface area contributed by atoms with Crippen molar-refractivity contribution in [3.05, 3.63) is 47.8 Å². The molecule has 0 aliphatic heterocycles. The highest BCUT2D eigenvalue weighted by molar-refractivity contribution is 5.95. The highest BCUT2D eigenvalue weighted by atomic mass is 19.1. The summed E-state index contributed by atoms with van der Waals surface area (Å²) >= 11 is 0. The third-order valence-electron chi connectivity index (χ3n) is 3.15. The minimum atomic E-state index is -0.623. The van der Waals surface area contributed by atoms with E-state index in [4.69, 9.17) is 10.5 Å². The van der Waals surface area contributed by atoms with Crippen molar-refractivity contribution < 1.29 is 18.7 Å². The maximum atomic E-state index is 13.5. The van der Waals surface area contributed by atoms with E-state index in [-0.39, 0.29) is 17.1 Å². The Kier molecular flexibility index (Phi) is 3.38. The number of anilines is 1. The maximum Gasteiger partial charge on any atom is 0.341 e. The highest BCUT2D eigenvalue weighted by Gasteiger charge is 2.17. The Morgan fingerprint density at radius 2 is 2.09 bits per heavy atom. The van der Waals surface area contributed by atoms with Crippen LogP contribution >= 0.6 is 0 Å². The summed E-state index contributed by atoms with van der Waals surface area (Å²) < 4.78 is 23.8. The minimum Gasteiger partial charge on any atom is -0.465 e. The topological polar surface area (TPSA) is 90.2 Å². The average Bonchev–Trinajstić information content (AvgIpc) is 2.89. The van der Waals surface area contributed by atoms with Gasteiger partial charge >= 0.3 is 5.97 Å². The van der Waals surface area contributed by atoms with Gasteiger partial charge in [0.15, 0.2) is 5.82 Å². The normalized spacial score (nSPS) is 10.6. The number of aromatic nitrogens is 2. The van der Waals surface area contributed by atoms with Crippen LogP contribution in [-0.2, 0) is 4.74 Å². The van der Waals surface area contributed by atoms with Crippen LogP contribution in [0.15, 0.2) is 36.4 Å². The van der Waals surface area contributed by atoms with Gasteiger partial charge in [-0.15, -0.1) is 0 Å². The molecule has 0 saturated heterocycles. The third kappa shape index (κ3) is 2.32. The number of carbonyl (C=O) groups is 1. The Hall–Kier alpha value is -3.09. The number of nitrogens with one attached hydrogen (secondary N) is 1. The molecule has 2 aromatic carbocycles. The first-order valence-corrected chi connectivity index (χ1v) is 6.38. The van der Waals surface area contributed by atoms with Crippen LogP contribution in [0.5, 0.6) is 11.5 Å². The fourth-order valence-corrected chi connectivity index (χ4v) is 2.13. The Labute approximate surface area is 124 Å². The zero-order valence-electron chi connectivity index (χ0n) is 11.6. The second-order valence-corrected chi connectivity index (χ2v) is 4.52. The molecule has 3 aromatic rings. The van der Waals surface area contributed by atoms with E-state index >= 15 is 0 Å². The number of aromatic amines is 1. The predicted molar refractivity (Wildman–Crippen MR) is 78.3 cm³/mol. The van der Waals surface area contributed by atoms with Crippen LogP contribution < -0.4 is 10.5 Å². The molecule has 1 aromatic heterocycles. The number of H-pyrrole nitrogens is 1. The molecule has 0 spiro atoms. The van der Waals surface area contributed by atoms with E-state index < -0.39 is 11.8 Å². The van der Waals surface area contributed by atoms with Crippen molar-refractivity contribution in [1.29, 1.82) is 0 Å². The van der Waals surface area contributed by atoms with Gasteiger partial charge in [-0.2, -0.15) is 5.10 Å². The number of ether oxygens (including phenoxy) is 2. The fourth-order valence-electron chi connectivity index (χ4n) is 2.13. The standard InChI is InChI=1S/C15H12FN3O3/c1-21-15(20)9-6-5-8(16)7-12(9)22-11-4-2-3-10-13(11)14(17)19-18-10/h2-7H,1H3,(H3,17,18,19). The van der Waals surface area contributed by atoms with E-state index in [0.717, 1.165) is 12.1 Å². The predicted octanol–water partition coefficient (Wildman–Crippen LogP) is 2.86. The molecule has 22 heavy (non-hydrogen) atoms. The summed E-state index contributed by atoms with van der Waals surface area (Å²) in [6, 6.07) is 8.73. The first-order valence-electron chi connectivity index (χ1n) is 6.38. The van der Waals surface area contributed by atoms with Crippen molar-refractivity contribution in [2.24, 2.45) is 0 Å². The van der Waals surface area contributed by atoms with E-state index in [1.165, 1.54) is 13.2 Å². The summed E-state index contributed by atoms with van der Waals surface area (Å²) in [5.74, 6) is -0.501. The number of carbonyl (C=O) groups excluding carboxylic acids is 1. The van der Waals surface area contributed by atoms with Crippen LogP contribution in [0, 0.1) is 5.82 Å². The third-order valence-corrected chi connectivity index (χ3v) is 3.15. The largest absolute Gasteiger partial charge is 0.465 e. The second-order valence-electron chi connectivity index (χ2n) is 4.52. The van der Waals surface area contributed by atoms with Gasteiger partial charge in [-0.1, -0.05) is 6.07 Å². The van der Waals surface area contributed by atoms with E-state index in [9.17, 15) is 9.18 Å². The molecule has 0 unspecified atom stereocenters. The van der Waals surface area contributed by atoms with Gasteiger partial charge in [0, 0.05) is 6.07 Å². The SMILES string of the molecule is COC(=O)c1ccc(F)cc1Oc1cccc2[nH]nc(N)c12. The molecule has 112 valence electrons. The van der Waals surface area contributed by atoms with Crippen LogP contribution in [0.1, 0.15) is 10.4 Å². The lowest BCUT2D eigenvalue weighted by Crippen LogP contribution is -2.04. The van der Waals surface area contributed by atoms with Gasteiger partial charge in [-0.05, 0) is 24.3 Å². The summed E-state index contributed by atoms with van der Waals surface area (Å²) in [5, 5.41) is 7.21. The van der Waals surface area contributed by atoms with E-state index in [2.05, 4.69) is 14.9 Å². The first kappa shape index (κ1) is 13.9. The van der Waals surface area contributed by atoms with E-state index in [1.807, 2.05) is 0 Å². The number of fused-ring (bicyclic) bond motifs is 1. The molecule has 0 radical (unpaired) electrons. The van der Waals surface area contributed by atoms with E-state index in [1.54, 1.807) is 18.2 Å². The molecule has 7 heteroatoms. The molecule has 6 nitrogen and oxygen atoms in total. The molecule has 0 bridgehead atoms. The van der Waals surface area contributed by atoms with Gasteiger partial charge in [-0.3, -0.25) is 5.10 Å². The lowest BCUT2D eigenvalue weighted by molar-refractivity contribution is 0.0598. The summed E-state index contributed by atoms with van der Waals surface area (Å²) in [6.45, 7) is 0. The number of methoxy groups -OCH3 is 1. The molecular weight excluding hydrogens is 289 g/mol. The number of hydrogen-bond acceptors (Lipinski definition) is 5. The molecule has 3 rings (SSSR count). The Balaban J connectivity index is 2.10. The molecule has 0 aliphatic carbocycles. The number of rotatable bonds is 3. The second kappa shape index (κ2) is 5.36. The quantitative estimate of drug-likeness (QED) is 0.726. The molecule has 0 amide bonds. The molecule has 0 saturated carbocycles. The number of nitrogen functional groups attached to an aromatic ring is 1. The smallest absolute Gasteiger partial charge is 0.341 e.